The average Bonchev–Trinajstić information content (AvgIpc) is 3.11. The Morgan fingerprint density at radius 2 is 2.23 bits per heavy atom. The van der Waals surface area contributed by atoms with Gasteiger partial charge in [0.15, 0.2) is 5.76 Å². The van der Waals surface area contributed by atoms with E-state index < -0.39 is 0 Å². The van der Waals surface area contributed by atoms with Gasteiger partial charge in [-0.3, -0.25) is 4.79 Å². The fourth-order valence-corrected chi connectivity index (χ4v) is 2.40. The fraction of sp³-hybridized carbons (Fsp3) is 0.312. The summed E-state index contributed by atoms with van der Waals surface area (Å²) in [6.45, 7) is 4.28. The molecule has 0 atom stereocenters. The summed E-state index contributed by atoms with van der Waals surface area (Å²) in [5.74, 6) is 0.546. The maximum atomic E-state index is 12.6. The smallest absolute Gasteiger partial charge is 0.274 e. The van der Waals surface area contributed by atoms with Crippen LogP contribution < -0.4 is 0 Å². The number of aromatic nitrogens is 3. The first-order valence-corrected chi connectivity index (χ1v) is 7.23. The Balaban J connectivity index is 1.83. The van der Waals surface area contributed by atoms with Crippen molar-refractivity contribution in [2.75, 3.05) is 7.05 Å². The lowest BCUT2D eigenvalue weighted by atomic mass is 10.2. The predicted molar refractivity (Wildman–Crippen MR) is 81.6 cm³/mol. The molecule has 114 valence electrons. The zero-order valence-electron chi connectivity index (χ0n) is 12.9. The largest absolute Gasteiger partial charge is 0.359 e. The van der Waals surface area contributed by atoms with Gasteiger partial charge in [-0.25, -0.2) is 4.98 Å². The van der Waals surface area contributed by atoms with Crippen LogP contribution in [0.15, 0.2) is 35.0 Å². The van der Waals surface area contributed by atoms with Gasteiger partial charge >= 0.3 is 0 Å². The maximum Gasteiger partial charge on any atom is 0.274 e. The van der Waals surface area contributed by atoms with Gasteiger partial charge < -0.3 is 13.8 Å². The van der Waals surface area contributed by atoms with Crippen molar-refractivity contribution in [1.82, 2.24) is 19.4 Å². The molecule has 0 radical (unpaired) electrons. The predicted octanol–water partition coefficient (Wildman–Crippen LogP) is 2.47. The third-order valence-electron chi connectivity index (χ3n) is 3.68. The lowest BCUT2D eigenvalue weighted by Gasteiger charge is -2.14. The molecule has 1 amide bonds. The number of carbonyl (C=O) groups is 1. The van der Waals surface area contributed by atoms with E-state index in [1.807, 2.05) is 48.7 Å². The molecule has 0 unspecified atom stereocenters. The van der Waals surface area contributed by atoms with E-state index in [9.17, 15) is 4.79 Å². The fourth-order valence-electron chi connectivity index (χ4n) is 2.40. The van der Waals surface area contributed by atoms with E-state index in [0.717, 1.165) is 23.5 Å². The zero-order valence-corrected chi connectivity index (χ0v) is 12.9. The van der Waals surface area contributed by atoms with Crippen LogP contribution in [0.5, 0.6) is 0 Å². The SMILES string of the molecule is CCc1cc(CN(C)C(=O)c2nc3ccccn3c2C)on1. The van der Waals surface area contributed by atoms with Gasteiger partial charge in [0, 0.05) is 19.3 Å². The van der Waals surface area contributed by atoms with E-state index in [1.54, 1.807) is 11.9 Å². The number of aryl methyl sites for hydroxylation is 2. The molecule has 3 rings (SSSR count). The third kappa shape index (κ3) is 2.47. The quantitative estimate of drug-likeness (QED) is 0.742. The molecule has 6 nitrogen and oxygen atoms in total. The van der Waals surface area contributed by atoms with Crippen molar-refractivity contribution in [3.8, 4) is 0 Å². The number of amides is 1. The van der Waals surface area contributed by atoms with E-state index in [4.69, 9.17) is 4.52 Å². The first-order valence-electron chi connectivity index (χ1n) is 7.23. The van der Waals surface area contributed by atoms with Gasteiger partial charge in [0.25, 0.3) is 5.91 Å². The number of hydrogen-bond donors (Lipinski definition) is 0. The summed E-state index contributed by atoms with van der Waals surface area (Å²) < 4.78 is 7.14. The first kappa shape index (κ1) is 14.3. The van der Waals surface area contributed by atoms with Gasteiger partial charge in [0.2, 0.25) is 0 Å². The van der Waals surface area contributed by atoms with Gasteiger partial charge in [-0.05, 0) is 25.5 Å². The average molecular weight is 298 g/mol. The summed E-state index contributed by atoms with van der Waals surface area (Å²) in [7, 11) is 1.74. The molecule has 0 spiro atoms. The Morgan fingerprint density at radius 1 is 1.41 bits per heavy atom. The minimum absolute atomic E-state index is 0.129. The molecule has 0 aliphatic heterocycles. The normalized spacial score (nSPS) is 11.0. The number of hydrogen-bond acceptors (Lipinski definition) is 4. The molecule has 22 heavy (non-hydrogen) atoms. The van der Waals surface area contributed by atoms with Crippen molar-refractivity contribution in [1.29, 1.82) is 0 Å². The Labute approximate surface area is 128 Å². The van der Waals surface area contributed by atoms with Crippen molar-refractivity contribution in [2.45, 2.75) is 26.8 Å². The topological polar surface area (TPSA) is 63.6 Å². The Hall–Kier alpha value is -2.63. The molecule has 0 aliphatic carbocycles. The molecule has 0 fully saturated rings. The Morgan fingerprint density at radius 3 is 2.91 bits per heavy atom. The van der Waals surface area contributed by atoms with Gasteiger partial charge in [0.1, 0.15) is 11.3 Å². The van der Waals surface area contributed by atoms with Crippen molar-refractivity contribution in [3.05, 3.63) is 53.3 Å². The molecule has 0 aliphatic rings. The monoisotopic (exact) mass is 298 g/mol. The van der Waals surface area contributed by atoms with Crippen LogP contribution >= 0.6 is 0 Å². The second-order valence-corrected chi connectivity index (χ2v) is 5.27. The molecule has 0 bridgehead atoms. The van der Waals surface area contributed by atoms with Crippen LogP contribution in [0.4, 0.5) is 0 Å². The summed E-state index contributed by atoms with van der Waals surface area (Å²) in [5, 5.41) is 3.94. The Bertz CT molecular complexity index is 819. The van der Waals surface area contributed by atoms with E-state index >= 15 is 0 Å². The zero-order chi connectivity index (χ0) is 15.7. The summed E-state index contributed by atoms with van der Waals surface area (Å²) >= 11 is 0. The molecule has 0 aromatic carbocycles. The number of pyridine rings is 1. The van der Waals surface area contributed by atoms with Crippen LogP contribution in [0, 0.1) is 6.92 Å². The van der Waals surface area contributed by atoms with Gasteiger partial charge in [-0.2, -0.15) is 0 Å². The van der Waals surface area contributed by atoms with Crippen LogP contribution in [-0.2, 0) is 13.0 Å². The summed E-state index contributed by atoms with van der Waals surface area (Å²) in [6, 6.07) is 7.58. The lowest BCUT2D eigenvalue weighted by Crippen LogP contribution is -2.27. The summed E-state index contributed by atoms with van der Waals surface area (Å²) in [4.78, 5) is 18.6. The standard InChI is InChI=1S/C16H18N4O2/c1-4-12-9-13(22-18-12)10-19(3)16(21)15-11(2)20-8-6-5-7-14(20)17-15/h5-9H,4,10H2,1-3H3. The summed E-state index contributed by atoms with van der Waals surface area (Å²) in [5.41, 5.74) is 2.95. The van der Waals surface area contributed by atoms with Crippen LogP contribution in [-0.4, -0.2) is 32.4 Å². The molecule has 0 saturated carbocycles. The van der Waals surface area contributed by atoms with Gasteiger partial charge in [0.05, 0.1) is 17.9 Å². The molecule has 3 aromatic rings. The molecule has 0 N–H and O–H groups in total. The minimum Gasteiger partial charge on any atom is -0.359 e. The van der Waals surface area contributed by atoms with Crippen LogP contribution in [0.3, 0.4) is 0 Å². The molecule has 6 heteroatoms. The maximum absolute atomic E-state index is 12.6. The molecule has 3 aromatic heterocycles. The first-order chi connectivity index (χ1) is 10.6. The molecular weight excluding hydrogens is 280 g/mol. The van der Waals surface area contributed by atoms with Gasteiger partial charge in [-0.15, -0.1) is 0 Å². The van der Waals surface area contributed by atoms with Gasteiger partial charge in [-0.1, -0.05) is 18.1 Å². The third-order valence-corrected chi connectivity index (χ3v) is 3.68. The molecule has 3 heterocycles. The molecular formula is C16H18N4O2. The van der Waals surface area contributed by atoms with Crippen molar-refractivity contribution in [2.24, 2.45) is 0 Å². The van der Waals surface area contributed by atoms with E-state index in [-0.39, 0.29) is 5.91 Å². The number of rotatable bonds is 4. The minimum atomic E-state index is -0.129. The summed E-state index contributed by atoms with van der Waals surface area (Å²) in [6.07, 6.45) is 2.71. The van der Waals surface area contributed by atoms with E-state index in [2.05, 4.69) is 10.1 Å². The van der Waals surface area contributed by atoms with Crippen molar-refractivity contribution < 1.29 is 9.32 Å². The highest BCUT2D eigenvalue weighted by molar-refractivity contribution is 5.94. The molecule has 0 saturated heterocycles. The number of imidazole rings is 1. The van der Waals surface area contributed by atoms with Crippen molar-refractivity contribution >= 4 is 11.6 Å². The highest BCUT2D eigenvalue weighted by Gasteiger charge is 2.20. The lowest BCUT2D eigenvalue weighted by molar-refractivity contribution is 0.0766. The van der Waals surface area contributed by atoms with Crippen molar-refractivity contribution in [3.63, 3.8) is 0 Å². The number of fused-ring (bicyclic) bond motifs is 1. The second-order valence-electron chi connectivity index (χ2n) is 5.27. The Kier molecular flexibility index (Phi) is 3.66. The van der Waals surface area contributed by atoms with Crippen LogP contribution in [0.25, 0.3) is 5.65 Å². The number of nitrogens with zero attached hydrogens (tertiary/aromatic N) is 4. The highest BCUT2D eigenvalue weighted by Crippen LogP contribution is 2.15. The van der Waals surface area contributed by atoms with Crippen LogP contribution in [0.2, 0.25) is 0 Å². The van der Waals surface area contributed by atoms with Crippen LogP contribution in [0.1, 0.15) is 34.6 Å². The van der Waals surface area contributed by atoms with E-state index in [1.165, 1.54) is 0 Å². The highest BCUT2D eigenvalue weighted by atomic mass is 16.5. The second kappa shape index (κ2) is 5.63. The number of carbonyl (C=O) groups excluding carboxylic acids is 1. The van der Waals surface area contributed by atoms with E-state index in [0.29, 0.717) is 18.0 Å².